The van der Waals surface area contributed by atoms with E-state index in [1.807, 2.05) is 54.6 Å². The van der Waals surface area contributed by atoms with Crippen molar-refractivity contribution < 1.29 is 19.1 Å². The van der Waals surface area contributed by atoms with Crippen molar-refractivity contribution in [2.75, 3.05) is 0 Å². The average Bonchev–Trinajstić information content (AvgIpc) is 2.61. The fraction of sp³-hybridized carbons (Fsp3) is 0.100. The molecule has 0 aliphatic carbocycles. The summed E-state index contributed by atoms with van der Waals surface area (Å²) in [6.07, 6.45) is 0.0978. The second kappa shape index (κ2) is 5.81. The lowest BCUT2D eigenvalue weighted by atomic mass is 9.94. The molecule has 4 rings (SSSR count). The topological polar surface area (TPSA) is 52.6 Å². The summed E-state index contributed by atoms with van der Waals surface area (Å²) in [6.45, 7) is 0.400. The first kappa shape index (κ1) is 14.5. The summed E-state index contributed by atoms with van der Waals surface area (Å²) in [5.41, 5.74) is 2.15. The van der Waals surface area contributed by atoms with Gasteiger partial charge in [0.15, 0.2) is 0 Å². The molecule has 1 aliphatic heterocycles. The van der Waals surface area contributed by atoms with Crippen LogP contribution in [0.25, 0.3) is 10.8 Å². The quantitative estimate of drug-likeness (QED) is 0.546. The van der Waals surface area contributed by atoms with E-state index >= 15 is 0 Å². The van der Waals surface area contributed by atoms with Crippen molar-refractivity contribution in [1.82, 2.24) is 0 Å². The molecule has 3 aromatic rings. The van der Waals surface area contributed by atoms with Crippen molar-refractivity contribution in [1.29, 1.82) is 0 Å². The Labute approximate surface area is 138 Å². The van der Waals surface area contributed by atoms with E-state index < -0.39 is 11.9 Å². The molecule has 0 saturated heterocycles. The number of rotatable bonds is 3. The summed E-state index contributed by atoms with van der Waals surface area (Å²) < 4.78 is 10.7. The minimum Gasteiger partial charge on any atom is -0.488 e. The van der Waals surface area contributed by atoms with Gasteiger partial charge in [-0.05, 0) is 22.6 Å². The maximum atomic E-state index is 12.1. The number of benzene rings is 3. The largest absolute Gasteiger partial charge is 0.488 e. The minimum atomic E-state index is -0.614. The summed E-state index contributed by atoms with van der Waals surface area (Å²) in [4.78, 5) is 23.7. The van der Waals surface area contributed by atoms with Crippen LogP contribution in [-0.2, 0) is 22.6 Å². The zero-order chi connectivity index (χ0) is 16.5. The summed E-state index contributed by atoms with van der Waals surface area (Å²) in [6, 6.07) is 19.1. The molecule has 0 bridgehead atoms. The van der Waals surface area contributed by atoms with Gasteiger partial charge in [-0.2, -0.15) is 0 Å². The van der Waals surface area contributed by atoms with Gasteiger partial charge < -0.3 is 9.47 Å². The molecule has 4 heteroatoms. The van der Waals surface area contributed by atoms with Crippen LogP contribution in [0.15, 0.2) is 60.7 Å². The van der Waals surface area contributed by atoms with Crippen molar-refractivity contribution in [2.45, 2.75) is 13.0 Å². The lowest BCUT2D eigenvalue weighted by molar-refractivity contribution is -0.137. The Morgan fingerprint density at radius 2 is 1.62 bits per heavy atom. The average molecular weight is 318 g/mol. The number of cyclic esters (lactones) is 2. The molecule has 0 spiro atoms. The zero-order valence-electron chi connectivity index (χ0n) is 12.8. The molecule has 0 radical (unpaired) electrons. The minimum absolute atomic E-state index is 0.0978. The number of hydrogen-bond acceptors (Lipinski definition) is 4. The number of esters is 2. The monoisotopic (exact) mass is 318 g/mol. The van der Waals surface area contributed by atoms with Crippen LogP contribution in [-0.4, -0.2) is 11.9 Å². The third kappa shape index (κ3) is 2.52. The van der Waals surface area contributed by atoms with E-state index in [-0.39, 0.29) is 6.42 Å². The van der Waals surface area contributed by atoms with Crippen molar-refractivity contribution in [2.24, 2.45) is 0 Å². The van der Waals surface area contributed by atoms with Gasteiger partial charge in [0.25, 0.3) is 0 Å². The van der Waals surface area contributed by atoms with Crippen molar-refractivity contribution in [3.63, 3.8) is 0 Å². The summed E-state index contributed by atoms with van der Waals surface area (Å²) in [7, 11) is 0. The van der Waals surface area contributed by atoms with E-state index in [1.165, 1.54) is 0 Å². The summed E-state index contributed by atoms with van der Waals surface area (Å²) in [5, 5.41) is 1.73. The van der Waals surface area contributed by atoms with Gasteiger partial charge in [0.05, 0.1) is 12.0 Å². The molecule has 0 N–H and O–H groups in total. The fourth-order valence-corrected chi connectivity index (χ4v) is 2.97. The van der Waals surface area contributed by atoms with Gasteiger partial charge >= 0.3 is 11.9 Å². The second-order valence-electron chi connectivity index (χ2n) is 5.66. The Morgan fingerprint density at radius 1 is 0.917 bits per heavy atom. The van der Waals surface area contributed by atoms with Crippen LogP contribution in [0.3, 0.4) is 0 Å². The van der Waals surface area contributed by atoms with Crippen LogP contribution in [0, 0.1) is 0 Å². The third-order valence-corrected chi connectivity index (χ3v) is 4.10. The van der Waals surface area contributed by atoms with E-state index in [1.54, 1.807) is 6.07 Å². The lowest BCUT2D eigenvalue weighted by Gasteiger charge is -2.19. The van der Waals surface area contributed by atoms with Crippen LogP contribution >= 0.6 is 0 Å². The van der Waals surface area contributed by atoms with Crippen LogP contribution in [0.1, 0.15) is 21.5 Å². The van der Waals surface area contributed by atoms with Gasteiger partial charge in [0.1, 0.15) is 12.4 Å². The van der Waals surface area contributed by atoms with E-state index in [9.17, 15) is 9.59 Å². The summed E-state index contributed by atoms with van der Waals surface area (Å²) in [5.74, 6) is -0.522. The number of hydrogen-bond donors (Lipinski definition) is 0. The van der Waals surface area contributed by atoms with Gasteiger partial charge in [0, 0.05) is 5.39 Å². The van der Waals surface area contributed by atoms with E-state index in [2.05, 4.69) is 0 Å². The standard InChI is InChI=1S/C20H14O4/c21-19-11-16-14-8-4-5-9-15(14)18(10-17(16)20(22)24-19)23-12-13-6-2-1-3-7-13/h1-10H,11-12H2. The Balaban J connectivity index is 1.80. The van der Waals surface area contributed by atoms with Gasteiger partial charge in [-0.1, -0.05) is 54.6 Å². The SMILES string of the molecule is O=C1Cc2c(cc(OCc3ccccc3)c3ccccc23)C(=O)O1. The maximum Gasteiger partial charge on any atom is 0.346 e. The zero-order valence-corrected chi connectivity index (χ0v) is 12.8. The maximum absolute atomic E-state index is 12.1. The fourth-order valence-electron chi connectivity index (χ4n) is 2.97. The number of carbonyl (C=O) groups is 2. The Kier molecular flexibility index (Phi) is 3.50. The highest BCUT2D eigenvalue weighted by Gasteiger charge is 2.28. The molecule has 4 nitrogen and oxygen atoms in total. The second-order valence-corrected chi connectivity index (χ2v) is 5.66. The highest BCUT2D eigenvalue weighted by molar-refractivity contribution is 6.09. The van der Waals surface area contributed by atoms with E-state index in [0.717, 1.165) is 16.3 Å². The number of fused-ring (bicyclic) bond motifs is 3. The van der Waals surface area contributed by atoms with Crippen LogP contribution in [0.2, 0.25) is 0 Å². The van der Waals surface area contributed by atoms with Crippen LogP contribution < -0.4 is 4.74 Å². The molecular weight excluding hydrogens is 304 g/mol. The summed E-state index contributed by atoms with van der Waals surface area (Å²) >= 11 is 0. The van der Waals surface area contributed by atoms with Crippen molar-refractivity contribution in [3.8, 4) is 5.75 Å². The molecule has 0 fully saturated rings. The van der Waals surface area contributed by atoms with E-state index in [0.29, 0.717) is 23.5 Å². The first-order valence-corrected chi connectivity index (χ1v) is 7.69. The Morgan fingerprint density at radius 3 is 2.42 bits per heavy atom. The molecule has 1 heterocycles. The predicted octanol–water partition coefficient (Wildman–Crippen LogP) is 3.66. The smallest absolute Gasteiger partial charge is 0.346 e. The normalized spacial score (nSPS) is 13.5. The first-order valence-electron chi connectivity index (χ1n) is 7.69. The molecule has 3 aromatic carbocycles. The first-order chi connectivity index (χ1) is 11.7. The third-order valence-electron chi connectivity index (χ3n) is 4.10. The van der Waals surface area contributed by atoms with Crippen LogP contribution in [0.4, 0.5) is 0 Å². The molecule has 0 aromatic heterocycles. The van der Waals surface area contributed by atoms with Gasteiger partial charge in [-0.15, -0.1) is 0 Å². The number of ether oxygens (including phenoxy) is 2. The lowest BCUT2D eigenvalue weighted by Crippen LogP contribution is -2.23. The van der Waals surface area contributed by atoms with Gasteiger partial charge in [-0.3, -0.25) is 4.79 Å². The molecule has 24 heavy (non-hydrogen) atoms. The molecule has 0 saturated carbocycles. The van der Waals surface area contributed by atoms with Gasteiger partial charge in [-0.25, -0.2) is 4.79 Å². The molecule has 0 unspecified atom stereocenters. The van der Waals surface area contributed by atoms with E-state index in [4.69, 9.17) is 9.47 Å². The molecule has 118 valence electrons. The molecular formula is C20H14O4. The Hall–Kier alpha value is -3.14. The van der Waals surface area contributed by atoms with Gasteiger partial charge in [0.2, 0.25) is 0 Å². The van der Waals surface area contributed by atoms with Crippen molar-refractivity contribution in [3.05, 3.63) is 77.4 Å². The van der Waals surface area contributed by atoms with Crippen LogP contribution in [0.5, 0.6) is 5.75 Å². The molecule has 1 aliphatic rings. The molecule has 0 amide bonds. The highest BCUT2D eigenvalue weighted by atomic mass is 16.6. The predicted molar refractivity (Wildman–Crippen MR) is 88.8 cm³/mol. The highest BCUT2D eigenvalue weighted by Crippen LogP contribution is 2.34. The Bertz CT molecular complexity index is 945. The van der Waals surface area contributed by atoms with Crippen molar-refractivity contribution >= 4 is 22.7 Å². The number of carbonyl (C=O) groups excluding carboxylic acids is 2. The molecule has 0 atom stereocenters.